The first kappa shape index (κ1) is 13.9. The molecule has 104 valence electrons. The van der Waals surface area contributed by atoms with Crippen molar-refractivity contribution in [3.05, 3.63) is 41.7 Å². The molecule has 1 aromatic carbocycles. The Morgan fingerprint density at radius 1 is 1.26 bits per heavy atom. The summed E-state index contributed by atoms with van der Waals surface area (Å²) in [7, 11) is 0. The molecule has 1 aliphatic heterocycles. The van der Waals surface area contributed by atoms with Crippen LogP contribution in [0, 0.1) is 0 Å². The molecular formula is C16H23NO2. The van der Waals surface area contributed by atoms with E-state index < -0.39 is 0 Å². The van der Waals surface area contributed by atoms with Crippen LogP contribution in [0.1, 0.15) is 38.3 Å². The monoisotopic (exact) mass is 261 g/mol. The van der Waals surface area contributed by atoms with Gasteiger partial charge in [-0.15, -0.1) is 0 Å². The van der Waals surface area contributed by atoms with Gasteiger partial charge in [0.05, 0.1) is 19.3 Å². The van der Waals surface area contributed by atoms with E-state index in [0.29, 0.717) is 6.61 Å². The van der Waals surface area contributed by atoms with E-state index in [0.717, 1.165) is 37.5 Å². The Kier molecular flexibility index (Phi) is 5.28. The first-order valence-electron chi connectivity index (χ1n) is 7.14. The molecule has 1 heterocycles. The van der Waals surface area contributed by atoms with Crippen molar-refractivity contribution in [3.8, 4) is 5.75 Å². The number of likely N-dealkylation sites (N-methyl/N-ethyl adjacent to an activating group) is 1. The van der Waals surface area contributed by atoms with Gasteiger partial charge in [0.1, 0.15) is 11.5 Å². The molecule has 0 saturated heterocycles. The summed E-state index contributed by atoms with van der Waals surface area (Å²) in [6, 6.07) is 8.41. The second-order valence-corrected chi connectivity index (χ2v) is 4.59. The number of ether oxygens (including phenoxy) is 2. The van der Waals surface area contributed by atoms with Crippen molar-refractivity contribution in [3.63, 3.8) is 0 Å². The molecule has 0 fully saturated rings. The van der Waals surface area contributed by atoms with Crippen LogP contribution >= 0.6 is 0 Å². The highest BCUT2D eigenvalue weighted by Crippen LogP contribution is 2.27. The van der Waals surface area contributed by atoms with E-state index in [1.165, 1.54) is 5.56 Å². The first-order chi connectivity index (χ1) is 9.35. The summed E-state index contributed by atoms with van der Waals surface area (Å²) in [4.78, 5) is 0. The van der Waals surface area contributed by atoms with Crippen LogP contribution in [0.4, 0.5) is 0 Å². The molecule has 19 heavy (non-hydrogen) atoms. The van der Waals surface area contributed by atoms with Gasteiger partial charge in [-0.3, -0.25) is 0 Å². The Bertz CT molecular complexity index is 411. The Balaban J connectivity index is 2.15. The maximum atomic E-state index is 5.79. The molecule has 1 atom stereocenters. The Morgan fingerprint density at radius 3 is 2.63 bits per heavy atom. The maximum absolute atomic E-state index is 5.79. The molecule has 1 aromatic rings. The van der Waals surface area contributed by atoms with Crippen LogP contribution in [0.25, 0.3) is 0 Å². The third-order valence-corrected chi connectivity index (χ3v) is 3.18. The number of allylic oxidation sites excluding steroid dienone is 1. The van der Waals surface area contributed by atoms with Crippen molar-refractivity contribution in [2.75, 3.05) is 19.8 Å². The second-order valence-electron chi connectivity index (χ2n) is 4.59. The van der Waals surface area contributed by atoms with Gasteiger partial charge in [0, 0.05) is 0 Å². The highest BCUT2D eigenvalue weighted by atomic mass is 16.5. The average Bonchev–Trinajstić information content (AvgIpc) is 2.47. The lowest BCUT2D eigenvalue weighted by Gasteiger charge is -2.25. The third kappa shape index (κ3) is 3.74. The molecule has 3 nitrogen and oxygen atoms in total. The molecule has 0 saturated carbocycles. The molecule has 3 heteroatoms. The molecule has 0 aromatic heterocycles. The summed E-state index contributed by atoms with van der Waals surface area (Å²) in [6.45, 7) is 6.55. The van der Waals surface area contributed by atoms with Crippen LogP contribution in [0.5, 0.6) is 5.75 Å². The lowest BCUT2D eigenvalue weighted by Crippen LogP contribution is -2.25. The zero-order valence-electron chi connectivity index (χ0n) is 11.8. The second kappa shape index (κ2) is 7.19. The highest BCUT2D eigenvalue weighted by molar-refractivity contribution is 5.32. The van der Waals surface area contributed by atoms with Gasteiger partial charge >= 0.3 is 0 Å². The zero-order chi connectivity index (χ0) is 13.5. The number of nitrogens with one attached hydrogen (secondary N) is 1. The van der Waals surface area contributed by atoms with Gasteiger partial charge in [0.2, 0.25) is 0 Å². The predicted molar refractivity (Wildman–Crippen MR) is 77.3 cm³/mol. The first-order valence-corrected chi connectivity index (χ1v) is 7.14. The van der Waals surface area contributed by atoms with Gasteiger partial charge in [0.15, 0.2) is 0 Å². The molecule has 0 spiro atoms. The van der Waals surface area contributed by atoms with Gasteiger partial charge < -0.3 is 14.8 Å². The highest BCUT2D eigenvalue weighted by Gasteiger charge is 2.18. The Hall–Kier alpha value is -1.48. The van der Waals surface area contributed by atoms with Crippen molar-refractivity contribution in [2.45, 2.75) is 32.7 Å². The van der Waals surface area contributed by atoms with E-state index >= 15 is 0 Å². The quantitative estimate of drug-likeness (QED) is 0.851. The van der Waals surface area contributed by atoms with Gasteiger partial charge in [0.25, 0.3) is 0 Å². The topological polar surface area (TPSA) is 30.5 Å². The van der Waals surface area contributed by atoms with Crippen molar-refractivity contribution in [1.29, 1.82) is 0 Å². The zero-order valence-corrected chi connectivity index (χ0v) is 11.8. The maximum Gasteiger partial charge on any atom is 0.119 e. The minimum absolute atomic E-state index is 0.154. The van der Waals surface area contributed by atoms with Crippen molar-refractivity contribution >= 4 is 0 Å². The summed E-state index contributed by atoms with van der Waals surface area (Å²) in [6.07, 6.45) is 4.42. The van der Waals surface area contributed by atoms with Gasteiger partial charge in [-0.25, -0.2) is 0 Å². The molecule has 0 amide bonds. The van der Waals surface area contributed by atoms with Crippen LogP contribution < -0.4 is 10.1 Å². The van der Waals surface area contributed by atoms with E-state index in [-0.39, 0.29) is 6.04 Å². The molecule has 0 bridgehead atoms. The number of benzene rings is 1. The van der Waals surface area contributed by atoms with Crippen LogP contribution in [-0.4, -0.2) is 19.8 Å². The van der Waals surface area contributed by atoms with Crippen LogP contribution in [0.2, 0.25) is 0 Å². The van der Waals surface area contributed by atoms with Crippen LogP contribution in [0.3, 0.4) is 0 Å². The fourth-order valence-corrected chi connectivity index (χ4v) is 2.29. The summed E-state index contributed by atoms with van der Waals surface area (Å²) in [5, 5.41) is 3.49. The Morgan fingerprint density at radius 2 is 2.05 bits per heavy atom. The van der Waals surface area contributed by atoms with E-state index in [9.17, 15) is 0 Å². The number of hydrogen-bond donors (Lipinski definition) is 1. The molecule has 2 rings (SSSR count). The molecule has 1 unspecified atom stereocenters. The summed E-state index contributed by atoms with van der Waals surface area (Å²) < 4.78 is 11.3. The van der Waals surface area contributed by atoms with Gasteiger partial charge in [-0.05, 0) is 50.1 Å². The average molecular weight is 261 g/mol. The van der Waals surface area contributed by atoms with E-state index in [1.54, 1.807) is 0 Å². The third-order valence-electron chi connectivity index (χ3n) is 3.18. The summed E-state index contributed by atoms with van der Waals surface area (Å²) in [5.41, 5.74) is 1.22. The minimum atomic E-state index is 0.154. The predicted octanol–water partition coefficient (Wildman–Crippen LogP) is 3.43. The molecule has 0 radical (unpaired) electrons. The van der Waals surface area contributed by atoms with Gasteiger partial charge in [-0.1, -0.05) is 19.1 Å². The Labute approximate surface area is 115 Å². The van der Waals surface area contributed by atoms with Crippen LogP contribution in [-0.2, 0) is 4.74 Å². The van der Waals surface area contributed by atoms with Crippen molar-refractivity contribution in [1.82, 2.24) is 5.32 Å². The molecular weight excluding hydrogens is 238 g/mol. The van der Waals surface area contributed by atoms with Crippen molar-refractivity contribution in [2.24, 2.45) is 0 Å². The number of hydrogen-bond acceptors (Lipinski definition) is 3. The smallest absolute Gasteiger partial charge is 0.119 e. The standard InChI is InChI=1S/C16H23NO2/c1-3-17-16(15-7-5-6-12-19-15)13-8-10-14(11-9-13)18-4-2/h7-11,16-17H,3-6,12H2,1-2H3. The largest absolute Gasteiger partial charge is 0.496 e. The lowest BCUT2D eigenvalue weighted by molar-refractivity contribution is 0.168. The van der Waals surface area contributed by atoms with E-state index in [4.69, 9.17) is 9.47 Å². The SMILES string of the molecule is CCNC(C1=CCCCO1)c1ccc(OCC)cc1. The van der Waals surface area contributed by atoms with E-state index in [2.05, 4.69) is 30.4 Å². The molecule has 0 aliphatic carbocycles. The van der Waals surface area contributed by atoms with Gasteiger partial charge in [-0.2, -0.15) is 0 Å². The normalized spacial score (nSPS) is 16.4. The van der Waals surface area contributed by atoms with Crippen molar-refractivity contribution < 1.29 is 9.47 Å². The number of rotatable bonds is 6. The fourth-order valence-electron chi connectivity index (χ4n) is 2.29. The van der Waals surface area contributed by atoms with E-state index in [1.807, 2.05) is 19.1 Å². The summed E-state index contributed by atoms with van der Waals surface area (Å²) in [5.74, 6) is 1.97. The molecule has 1 N–H and O–H groups in total. The minimum Gasteiger partial charge on any atom is -0.496 e. The summed E-state index contributed by atoms with van der Waals surface area (Å²) >= 11 is 0. The molecule has 1 aliphatic rings. The fraction of sp³-hybridized carbons (Fsp3) is 0.500. The lowest BCUT2D eigenvalue weighted by atomic mass is 10.0. The van der Waals surface area contributed by atoms with Crippen LogP contribution in [0.15, 0.2) is 36.1 Å².